The van der Waals surface area contributed by atoms with Crippen LogP contribution in [0.15, 0.2) is 18.7 Å². The number of hydrogen-bond donors (Lipinski definition) is 2. The summed E-state index contributed by atoms with van der Waals surface area (Å²) in [5.41, 5.74) is 3.70. The molecule has 0 saturated carbocycles. The van der Waals surface area contributed by atoms with Crippen LogP contribution in [-0.4, -0.2) is 26.3 Å². The molecule has 0 aliphatic carbocycles. The fourth-order valence-corrected chi connectivity index (χ4v) is 1.80. The van der Waals surface area contributed by atoms with E-state index in [0.717, 1.165) is 25.9 Å². The first kappa shape index (κ1) is 11.9. The molecule has 17 heavy (non-hydrogen) atoms. The van der Waals surface area contributed by atoms with Gasteiger partial charge in [0, 0.05) is 25.5 Å². The van der Waals surface area contributed by atoms with E-state index in [9.17, 15) is 0 Å². The van der Waals surface area contributed by atoms with Gasteiger partial charge < -0.3 is 9.88 Å². The van der Waals surface area contributed by atoms with Crippen LogP contribution in [-0.2, 0) is 20.0 Å². The van der Waals surface area contributed by atoms with E-state index in [2.05, 4.69) is 27.4 Å². The maximum Gasteiger partial charge on any atom is 0.0945 e. The highest BCUT2D eigenvalue weighted by molar-refractivity contribution is 5.14. The zero-order valence-corrected chi connectivity index (χ0v) is 10.4. The molecule has 0 spiro atoms. The molecule has 0 aliphatic heterocycles. The van der Waals surface area contributed by atoms with Gasteiger partial charge in [-0.2, -0.15) is 5.10 Å². The Morgan fingerprint density at radius 1 is 1.41 bits per heavy atom. The minimum atomic E-state index is 0.876. The summed E-state index contributed by atoms with van der Waals surface area (Å²) < 4.78 is 2.03. The van der Waals surface area contributed by atoms with E-state index in [4.69, 9.17) is 0 Å². The Labute approximate surface area is 101 Å². The summed E-state index contributed by atoms with van der Waals surface area (Å²) >= 11 is 0. The summed E-state index contributed by atoms with van der Waals surface area (Å²) in [6.07, 6.45) is 7.83. The number of aromatic nitrogens is 4. The van der Waals surface area contributed by atoms with Crippen molar-refractivity contribution in [1.82, 2.24) is 25.1 Å². The number of H-pyrrole nitrogens is 1. The fourth-order valence-electron chi connectivity index (χ4n) is 1.80. The minimum absolute atomic E-state index is 0.876. The summed E-state index contributed by atoms with van der Waals surface area (Å²) in [7, 11) is 2.01. The van der Waals surface area contributed by atoms with Crippen LogP contribution in [0, 0.1) is 6.92 Å². The Bertz CT molecular complexity index is 415. The lowest BCUT2D eigenvalue weighted by Gasteiger charge is -2.05. The van der Waals surface area contributed by atoms with Crippen LogP contribution in [0.5, 0.6) is 0 Å². The number of nitrogens with one attached hydrogen (secondary N) is 2. The molecule has 92 valence electrons. The molecule has 0 aromatic carbocycles. The zero-order chi connectivity index (χ0) is 12.1. The molecular weight excluding hydrogens is 214 g/mol. The van der Waals surface area contributed by atoms with E-state index in [1.165, 1.54) is 17.0 Å². The Kier molecular flexibility index (Phi) is 3.93. The first-order valence-corrected chi connectivity index (χ1v) is 5.92. The quantitative estimate of drug-likeness (QED) is 0.736. The lowest BCUT2D eigenvalue weighted by atomic mass is 10.1. The Morgan fingerprint density at radius 2 is 2.29 bits per heavy atom. The third-order valence-electron chi connectivity index (χ3n) is 2.96. The normalized spacial score (nSPS) is 10.9. The van der Waals surface area contributed by atoms with E-state index in [1.807, 2.05) is 30.3 Å². The first-order valence-electron chi connectivity index (χ1n) is 5.92. The van der Waals surface area contributed by atoms with Gasteiger partial charge in [0.15, 0.2) is 0 Å². The van der Waals surface area contributed by atoms with E-state index in [0.29, 0.717) is 0 Å². The van der Waals surface area contributed by atoms with Crippen molar-refractivity contribution in [2.45, 2.75) is 26.3 Å². The molecule has 0 radical (unpaired) electrons. The maximum absolute atomic E-state index is 4.08. The summed E-state index contributed by atoms with van der Waals surface area (Å²) in [6, 6.07) is 0. The van der Waals surface area contributed by atoms with Gasteiger partial charge in [0.05, 0.1) is 18.2 Å². The van der Waals surface area contributed by atoms with Crippen molar-refractivity contribution in [2.75, 3.05) is 6.54 Å². The number of aromatic amines is 1. The van der Waals surface area contributed by atoms with Crippen LogP contribution in [0.25, 0.3) is 0 Å². The third-order valence-corrected chi connectivity index (χ3v) is 2.96. The highest BCUT2D eigenvalue weighted by Gasteiger charge is 2.00. The molecule has 0 aliphatic rings. The molecule has 0 amide bonds. The monoisotopic (exact) mass is 233 g/mol. The standard InChI is InChI=1S/C12H19N5/c1-10-11(6-15-16-10)4-3-5-13-7-12-8-14-9-17(12)2/h6,8-9,13H,3-5,7H2,1-2H3,(H,15,16). The summed E-state index contributed by atoms with van der Waals surface area (Å²) in [4.78, 5) is 4.08. The molecule has 0 atom stereocenters. The molecular formula is C12H19N5. The van der Waals surface area contributed by atoms with Gasteiger partial charge in [-0.15, -0.1) is 0 Å². The van der Waals surface area contributed by atoms with Gasteiger partial charge in [-0.3, -0.25) is 5.10 Å². The first-order chi connectivity index (χ1) is 8.27. The average molecular weight is 233 g/mol. The van der Waals surface area contributed by atoms with Crippen molar-refractivity contribution in [3.8, 4) is 0 Å². The SMILES string of the molecule is Cc1[nH]ncc1CCCNCc1cncn1C. The molecule has 0 fully saturated rings. The van der Waals surface area contributed by atoms with Gasteiger partial charge >= 0.3 is 0 Å². The number of hydrogen-bond acceptors (Lipinski definition) is 3. The molecule has 0 bridgehead atoms. The van der Waals surface area contributed by atoms with Crippen molar-refractivity contribution in [3.63, 3.8) is 0 Å². The van der Waals surface area contributed by atoms with Crippen LogP contribution >= 0.6 is 0 Å². The Morgan fingerprint density at radius 3 is 2.94 bits per heavy atom. The minimum Gasteiger partial charge on any atom is -0.337 e. The van der Waals surface area contributed by atoms with Crippen LogP contribution in [0.3, 0.4) is 0 Å². The highest BCUT2D eigenvalue weighted by Crippen LogP contribution is 2.05. The van der Waals surface area contributed by atoms with E-state index in [1.54, 1.807) is 0 Å². The lowest BCUT2D eigenvalue weighted by Crippen LogP contribution is -2.17. The molecule has 2 aromatic rings. The average Bonchev–Trinajstić information content (AvgIpc) is 2.89. The predicted molar refractivity (Wildman–Crippen MR) is 66.6 cm³/mol. The van der Waals surface area contributed by atoms with Crippen LogP contribution in [0.4, 0.5) is 0 Å². The van der Waals surface area contributed by atoms with E-state index >= 15 is 0 Å². The van der Waals surface area contributed by atoms with Crippen molar-refractivity contribution < 1.29 is 0 Å². The molecule has 2 N–H and O–H groups in total. The molecule has 2 aromatic heterocycles. The van der Waals surface area contributed by atoms with Crippen molar-refractivity contribution in [3.05, 3.63) is 35.7 Å². The topological polar surface area (TPSA) is 58.5 Å². The summed E-state index contributed by atoms with van der Waals surface area (Å²) in [5, 5.41) is 10.4. The number of aryl methyl sites for hydroxylation is 3. The number of rotatable bonds is 6. The van der Waals surface area contributed by atoms with Gasteiger partial charge in [0.2, 0.25) is 0 Å². The van der Waals surface area contributed by atoms with E-state index < -0.39 is 0 Å². The zero-order valence-electron chi connectivity index (χ0n) is 10.4. The smallest absolute Gasteiger partial charge is 0.0945 e. The third kappa shape index (κ3) is 3.17. The molecule has 5 nitrogen and oxygen atoms in total. The number of imidazole rings is 1. The molecule has 0 saturated heterocycles. The van der Waals surface area contributed by atoms with Crippen molar-refractivity contribution >= 4 is 0 Å². The molecule has 2 heterocycles. The van der Waals surface area contributed by atoms with Crippen molar-refractivity contribution in [1.29, 1.82) is 0 Å². The molecule has 5 heteroatoms. The molecule has 0 unspecified atom stereocenters. The van der Waals surface area contributed by atoms with Gasteiger partial charge in [-0.05, 0) is 31.9 Å². The summed E-state index contributed by atoms with van der Waals surface area (Å²) in [6.45, 7) is 3.95. The highest BCUT2D eigenvalue weighted by atomic mass is 15.1. The van der Waals surface area contributed by atoms with Crippen LogP contribution in [0.2, 0.25) is 0 Å². The van der Waals surface area contributed by atoms with Gasteiger partial charge in [0.1, 0.15) is 0 Å². The second-order valence-corrected chi connectivity index (χ2v) is 4.30. The maximum atomic E-state index is 4.08. The predicted octanol–water partition coefficient (Wildman–Crippen LogP) is 1.17. The fraction of sp³-hybridized carbons (Fsp3) is 0.500. The van der Waals surface area contributed by atoms with Crippen LogP contribution in [0.1, 0.15) is 23.4 Å². The van der Waals surface area contributed by atoms with Gasteiger partial charge in [0.25, 0.3) is 0 Å². The lowest BCUT2D eigenvalue weighted by molar-refractivity contribution is 0.625. The van der Waals surface area contributed by atoms with Crippen LogP contribution < -0.4 is 5.32 Å². The number of nitrogens with zero attached hydrogens (tertiary/aromatic N) is 3. The Balaban J connectivity index is 1.64. The van der Waals surface area contributed by atoms with E-state index in [-0.39, 0.29) is 0 Å². The van der Waals surface area contributed by atoms with Crippen molar-refractivity contribution in [2.24, 2.45) is 7.05 Å². The summed E-state index contributed by atoms with van der Waals surface area (Å²) in [5.74, 6) is 0. The molecule has 2 rings (SSSR count). The van der Waals surface area contributed by atoms with Gasteiger partial charge in [-0.25, -0.2) is 4.98 Å². The Hall–Kier alpha value is -1.62. The second kappa shape index (κ2) is 5.63. The van der Waals surface area contributed by atoms with Gasteiger partial charge in [-0.1, -0.05) is 0 Å². The second-order valence-electron chi connectivity index (χ2n) is 4.30. The largest absolute Gasteiger partial charge is 0.337 e.